The SMILES string of the molecule is COC(=O)CCc1csc(N2CC3CCCN3CC2C)n1. The Morgan fingerprint density at radius 2 is 2.38 bits per heavy atom. The molecule has 116 valence electrons. The van der Waals surface area contributed by atoms with E-state index in [0.717, 1.165) is 23.9 Å². The second kappa shape index (κ2) is 6.32. The van der Waals surface area contributed by atoms with E-state index in [1.165, 1.54) is 26.5 Å². The van der Waals surface area contributed by atoms with Gasteiger partial charge in [0.05, 0.1) is 19.2 Å². The highest BCUT2D eigenvalue weighted by Crippen LogP contribution is 2.30. The van der Waals surface area contributed by atoms with Crippen molar-refractivity contribution < 1.29 is 9.53 Å². The van der Waals surface area contributed by atoms with Gasteiger partial charge in [-0.25, -0.2) is 4.98 Å². The first kappa shape index (κ1) is 14.8. The Hall–Kier alpha value is -1.14. The van der Waals surface area contributed by atoms with Crippen LogP contribution < -0.4 is 4.90 Å². The number of carbonyl (C=O) groups is 1. The molecular formula is C15H23N3O2S. The maximum absolute atomic E-state index is 11.2. The summed E-state index contributed by atoms with van der Waals surface area (Å²) < 4.78 is 4.68. The quantitative estimate of drug-likeness (QED) is 0.795. The second-order valence-electron chi connectivity index (χ2n) is 5.99. The van der Waals surface area contributed by atoms with E-state index in [1.54, 1.807) is 11.3 Å². The first-order valence-electron chi connectivity index (χ1n) is 7.69. The molecule has 2 fully saturated rings. The number of thiazole rings is 1. The van der Waals surface area contributed by atoms with Gasteiger partial charge in [-0.2, -0.15) is 0 Å². The van der Waals surface area contributed by atoms with Gasteiger partial charge in [0.1, 0.15) is 0 Å². The Labute approximate surface area is 129 Å². The summed E-state index contributed by atoms with van der Waals surface area (Å²) in [6, 6.07) is 1.21. The number of rotatable bonds is 4. The molecule has 0 aromatic carbocycles. The smallest absolute Gasteiger partial charge is 0.305 e. The number of nitrogens with zero attached hydrogens (tertiary/aromatic N) is 3. The van der Waals surface area contributed by atoms with Crippen LogP contribution in [-0.4, -0.2) is 54.7 Å². The largest absolute Gasteiger partial charge is 0.469 e. The molecule has 6 heteroatoms. The summed E-state index contributed by atoms with van der Waals surface area (Å²) in [6.07, 6.45) is 3.71. The van der Waals surface area contributed by atoms with E-state index in [-0.39, 0.29) is 5.97 Å². The van der Waals surface area contributed by atoms with Crippen molar-refractivity contribution in [3.8, 4) is 0 Å². The number of ether oxygens (including phenoxy) is 1. The molecule has 2 saturated heterocycles. The summed E-state index contributed by atoms with van der Waals surface area (Å²) in [4.78, 5) is 21.0. The lowest BCUT2D eigenvalue weighted by molar-refractivity contribution is -0.140. The average Bonchev–Trinajstić information content (AvgIpc) is 3.12. The summed E-state index contributed by atoms with van der Waals surface area (Å²) in [6.45, 7) is 5.77. The van der Waals surface area contributed by atoms with Crippen molar-refractivity contribution in [2.45, 2.75) is 44.7 Å². The van der Waals surface area contributed by atoms with Crippen molar-refractivity contribution in [1.82, 2.24) is 9.88 Å². The fourth-order valence-corrected chi connectivity index (χ4v) is 4.30. The number of piperazine rings is 1. The molecule has 1 aromatic heterocycles. The molecule has 3 rings (SSSR count). The lowest BCUT2D eigenvalue weighted by Crippen LogP contribution is -2.55. The van der Waals surface area contributed by atoms with E-state index in [1.807, 2.05) is 0 Å². The van der Waals surface area contributed by atoms with Gasteiger partial charge in [-0.1, -0.05) is 0 Å². The van der Waals surface area contributed by atoms with Crippen LogP contribution in [0, 0.1) is 0 Å². The molecule has 0 aliphatic carbocycles. The molecule has 21 heavy (non-hydrogen) atoms. The van der Waals surface area contributed by atoms with Crippen LogP contribution in [-0.2, 0) is 16.0 Å². The highest BCUT2D eigenvalue weighted by Gasteiger charge is 2.35. The molecule has 2 aliphatic rings. The van der Waals surface area contributed by atoms with Crippen molar-refractivity contribution in [3.05, 3.63) is 11.1 Å². The number of hydrogen-bond acceptors (Lipinski definition) is 6. The van der Waals surface area contributed by atoms with E-state index < -0.39 is 0 Å². The number of anilines is 1. The molecule has 2 atom stereocenters. The molecule has 3 heterocycles. The van der Waals surface area contributed by atoms with Gasteiger partial charge >= 0.3 is 5.97 Å². The minimum atomic E-state index is -0.169. The maximum Gasteiger partial charge on any atom is 0.305 e. The Bertz CT molecular complexity index is 505. The topological polar surface area (TPSA) is 45.7 Å². The summed E-state index contributed by atoms with van der Waals surface area (Å²) in [5.74, 6) is -0.169. The van der Waals surface area contributed by atoms with Gasteiger partial charge in [0, 0.05) is 37.0 Å². The van der Waals surface area contributed by atoms with E-state index >= 15 is 0 Å². The van der Waals surface area contributed by atoms with Crippen molar-refractivity contribution >= 4 is 22.4 Å². The Balaban J connectivity index is 1.63. The van der Waals surface area contributed by atoms with Crippen molar-refractivity contribution in [3.63, 3.8) is 0 Å². The van der Waals surface area contributed by atoms with Gasteiger partial charge in [0.2, 0.25) is 0 Å². The van der Waals surface area contributed by atoms with Gasteiger partial charge in [0.25, 0.3) is 0 Å². The average molecular weight is 309 g/mol. The fourth-order valence-electron chi connectivity index (χ4n) is 3.33. The van der Waals surface area contributed by atoms with Crippen LogP contribution in [0.3, 0.4) is 0 Å². The molecule has 1 aromatic rings. The van der Waals surface area contributed by atoms with Gasteiger partial charge in [-0.3, -0.25) is 9.69 Å². The first-order chi connectivity index (χ1) is 10.2. The molecule has 0 spiro atoms. The molecule has 0 amide bonds. The first-order valence-corrected chi connectivity index (χ1v) is 8.57. The van der Waals surface area contributed by atoms with E-state index in [2.05, 4.69) is 26.8 Å². The molecule has 2 unspecified atom stereocenters. The highest BCUT2D eigenvalue weighted by atomic mass is 32.1. The monoisotopic (exact) mass is 309 g/mol. The van der Waals surface area contributed by atoms with Gasteiger partial charge in [-0.05, 0) is 26.3 Å². The third kappa shape index (κ3) is 3.21. The van der Waals surface area contributed by atoms with Crippen LogP contribution in [0.2, 0.25) is 0 Å². The molecule has 0 saturated carbocycles. The van der Waals surface area contributed by atoms with Gasteiger partial charge < -0.3 is 9.64 Å². The van der Waals surface area contributed by atoms with Crippen LogP contribution in [0.15, 0.2) is 5.38 Å². The lowest BCUT2D eigenvalue weighted by atomic mass is 10.1. The summed E-state index contributed by atoms with van der Waals surface area (Å²) in [7, 11) is 1.43. The number of aryl methyl sites for hydroxylation is 1. The van der Waals surface area contributed by atoms with Gasteiger partial charge in [-0.15, -0.1) is 11.3 Å². The van der Waals surface area contributed by atoms with Crippen LogP contribution in [0.25, 0.3) is 0 Å². The number of fused-ring (bicyclic) bond motifs is 1. The zero-order chi connectivity index (χ0) is 14.8. The number of carbonyl (C=O) groups excluding carboxylic acids is 1. The lowest BCUT2D eigenvalue weighted by Gasteiger charge is -2.42. The predicted octanol–water partition coefficient (Wildman–Crippen LogP) is 1.92. The van der Waals surface area contributed by atoms with Crippen LogP contribution in [0.1, 0.15) is 31.9 Å². The Kier molecular flexibility index (Phi) is 4.45. The zero-order valence-electron chi connectivity index (χ0n) is 12.7. The minimum absolute atomic E-state index is 0.169. The van der Waals surface area contributed by atoms with Crippen molar-refractivity contribution in [1.29, 1.82) is 0 Å². The van der Waals surface area contributed by atoms with Gasteiger partial charge in [0.15, 0.2) is 5.13 Å². The molecule has 0 N–H and O–H groups in total. The summed E-state index contributed by atoms with van der Waals surface area (Å²) in [5.41, 5.74) is 1.00. The normalized spacial score (nSPS) is 25.9. The minimum Gasteiger partial charge on any atom is -0.469 e. The standard InChI is InChI=1S/C15H23N3O2S/c1-11-8-17-7-3-4-13(17)9-18(11)15-16-12(10-21-15)5-6-14(19)20-2/h10-11,13H,3-9H2,1-2H3. The maximum atomic E-state index is 11.2. The molecular weight excluding hydrogens is 286 g/mol. The molecule has 0 radical (unpaired) electrons. The van der Waals surface area contributed by atoms with Crippen molar-refractivity contribution in [2.24, 2.45) is 0 Å². The predicted molar refractivity (Wildman–Crippen MR) is 83.9 cm³/mol. The third-order valence-corrected chi connectivity index (χ3v) is 5.46. The third-order valence-electron chi connectivity index (χ3n) is 4.54. The number of aromatic nitrogens is 1. The van der Waals surface area contributed by atoms with E-state index in [4.69, 9.17) is 4.98 Å². The van der Waals surface area contributed by atoms with Crippen molar-refractivity contribution in [2.75, 3.05) is 31.6 Å². The Morgan fingerprint density at radius 3 is 3.19 bits per heavy atom. The summed E-state index contributed by atoms with van der Waals surface area (Å²) >= 11 is 1.70. The van der Waals surface area contributed by atoms with Crippen LogP contribution in [0.4, 0.5) is 5.13 Å². The molecule has 5 nitrogen and oxygen atoms in total. The van der Waals surface area contributed by atoms with E-state index in [0.29, 0.717) is 24.9 Å². The molecule has 0 bridgehead atoms. The summed E-state index contributed by atoms with van der Waals surface area (Å²) in [5, 5.41) is 3.18. The number of hydrogen-bond donors (Lipinski definition) is 0. The Morgan fingerprint density at radius 1 is 1.52 bits per heavy atom. The second-order valence-corrected chi connectivity index (χ2v) is 6.83. The highest BCUT2D eigenvalue weighted by molar-refractivity contribution is 7.13. The molecule has 2 aliphatic heterocycles. The fraction of sp³-hybridized carbons (Fsp3) is 0.733. The van der Waals surface area contributed by atoms with E-state index in [9.17, 15) is 4.79 Å². The van der Waals surface area contributed by atoms with Crippen LogP contribution in [0.5, 0.6) is 0 Å². The zero-order valence-corrected chi connectivity index (χ0v) is 13.6. The number of esters is 1. The number of methoxy groups -OCH3 is 1. The van der Waals surface area contributed by atoms with Crippen LogP contribution >= 0.6 is 11.3 Å².